The number of aromatic amines is 1. The number of rotatable bonds is 5. The van der Waals surface area contributed by atoms with Crippen LogP contribution in [0.4, 0.5) is 0 Å². The van der Waals surface area contributed by atoms with Gasteiger partial charge < -0.3 is 20.8 Å². The number of aromatic nitrogens is 1. The SMILES string of the molecule is NC[C@H]1CC[C@@H](C(=O)NCCc2c[nH]c3ccccc23)O1. The largest absolute Gasteiger partial charge is 0.364 e. The highest BCUT2D eigenvalue weighted by Crippen LogP contribution is 2.19. The second-order valence-electron chi connectivity index (χ2n) is 5.46. The molecule has 1 aliphatic rings. The minimum Gasteiger partial charge on any atom is -0.364 e. The van der Waals surface area contributed by atoms with Crippen molar-refractivity contribution in [3.8, 4) is 0 Å². The lowest BCUT2D eigenvalue weighted by Crippen LogP contribution is -2.36. The summed E-state index contributed by atoms with van der Waals surface area (Å²) in [5, 5.41) is 4.17. The summed E-state index contributed by atoms with van der Waals surface area (Å²) in [4.78, 5) is 15.3. The van der Waals surface area contributed by atoms with Crippen molar-refractivity contribution in [1.29, 1.82) is 0 Å². The number of ether oxygens (including phenoxy) is 1. The number of benzene rings is 1. The molecule has 112 valence electrons. The Balaban J connectivity index is 1.51. The number of nitrogens with two attached hydrogens (primary N) is 1. The minimum atomic E-state index is -0.332. The zero-order chi connectivity index (χ0) is 14.7. The third-order valence-electron chi connectivity index (χ3n) is 4.03. The van der Waals surface area contributed by atoms with Gasteiger partial charge in [-0.15, -0.1) is 0 Å². The van der Waals surface area contributed by atoms with E-state index in [1.807, 2.05) is 18.3 Å². The maximum atomic E-state index is 12.0. The van der Waals surface area contributed by atoms with Gasteiger partial charge >= 0.3 is 0 Å². The maximum absolute atomic E-state index is 12.0. The molecule has 0 aliphatic carbocycles. The molecule has 1 saturated heterocycles. The first-order valence-corrected chi connectivity index (χ1v) is 7.46. The molecule has 0 spiro atoms. The van der Waals surface area contributed by atoms with Crippen LogP contribution >= 0.6 is 0 Å². The lowest BCUT2D eigenvalue weighted by Gasteiger charge is -2.12. The maximum Gasteiger partial charge on any atom is 0.249 e. The summed E-state index contributed by atoms with van der Waals surface area (Å²) < 4.78 is 5.59. The summed E-state index contributed by atoms with van der Waals surface area (Å²) in [6.07, 6.45) is 4.16. The van der Waals surface area contributed by atoms with Gasteiger partial charge in [0.05, 0.1) is 6.10 Å². The molecule has 4 N–H and O–H groups in total. The number of nitrogens with one attached hydrogen (secondary N) is 2. The lowest BCUT2D eigenvalue weighted by molar-refractivity contribution is -0.131. The molecule has 21 heavy (non-hydrogen) atoms. The summed E-state index contributed by atoms with van der Waals surface area (Å²) in [5.41, 5.74) is 7.90. The van der Waals surface area contributed by atoms with Crippen LogP contribution in [0.3, 0.4) is 0 Å². The normalized spacial score (nSPS) is 21.8. The van der Waals surface area contributed by atoms with Crippen LogP contribution in [0.15, 0.2) is 30.5 Å². The number of amides is 1. The zero-order valence-electron chi connectivity index (χ0n) is 12.0. The Hall–Kier alpha value is -1.85. The van der Waals surface area contributed by atoms with E-state index in [0.717, 1.165) is 24.8 Å². The Kier molecular flexibility index (Phi) is 4.22. The van der Waals surface area contributed by atoms with E-state index in [1.165, 1.54) is 10.9 Å². The number of fused-ring (bicyclic) bond motifs is 1. The lowest BCUT2D eigenvalue weighted by atomic mass is 10.1. The van der Waals surface area contributed by atoms with Crippen LogP contribution in [0.1, 0.15) is 18.4 Å². The van der Waals surface area contributed by atoms with Gasteiger partial charge in [0.25, 0.3) is 0 Å². The number of carbonyl (C=O) groups excluding carboxylic acids is 1. The Labute approximate surface area is 123 Å². The van der Waals surface area contributed by atoms with Crippen LogP contribution in [0.25, 0.3) is 10.9 Å². The van der Waals surface area contributed by atoms with E-state index in [-0.39, 0.29) is 18.1 Å². The highest BCUT2D eigenvalue weighted by atomic mass is 16.5. The van der Waals surface area contributed by atoms with Crippen LogP contribution in [0.5, 0.6) is 0 Å². The Morgan fingerprint density at radius 3 is 3.05 bits per heavy atom. The molecule has 2 aromatic rings. The van der Waals surface area contributed by atoms with Crippen LogP contribution in [-0.4, -0.2) is 36.2 Å². The van der Waals surface area contributed by atoms with Crippen molar-refractivity contribution >= 4 is 16.8 Å². The molecule has 5 heteroatoms. The Bertz CT molecular complexity index is 623. The molecular formula is C16H21N3O2. The fourth-order valence-electron chi connectivity index (χ4n) is 2.84. The molecule has 3 rings (SSSR count). The molecule has 0 bridgehead atoms. The topological polar surface area (TPSA) is 80.1 Å². The molecule has 1 aromatic carbocycles. The van der Waals surface area contributed by atoms with Gasteiger partial charge in [-0.3, -0.25) is 4.79 Å². The molecule has 2 heterocycles. The molecule has 0 saturated carbocycles. The van der Waals surface area contributed by atoms with Crippen molar-refractivity contribution in [1.82, 2.24) is 10.3 Å². The molecule has 1 amide bonds. The molecule has 1 aromatic heterocycles. The summed E-state index contributed by atoms with van der Waals surface area (Å²) in [7, 11) is 0. The zero-order valence-corrected chi connectivity index (χ0v) is 12.0. The number of H-pyrrole nitrogens is 1. The Morgan fingerprint density at radius 1 is 1.38 bits per heavy atom. The molecule has 2 atom stereocenters. The predicted molar refractivity (Wildman–Crippen MR) is 82.0 cm³/mol. The first-order chi connectivity index (χ1) is 10.3. The van der Waals surface area contributed by atoms with E-state index in [9.17, 15) is 4.79 Å². The molecular weight excluding hydrogens is 266 g/mol. The Morgan fingerprint density at radius 2 is 2.24 bits per heavy atom. The molecule has 0 radical (unpaired) electrons. The average Bonchev–Trinajstić information content (AvgIpc) is 3.14. The van der Waals surface area contributed by atoms with Gasteiger partial charge in [-0.25, -0.2) is 0 Å². The van der Waals surface area contributed by atoms with Gasteiger partial charge in [-0.2, -0.15) is 0 Å². The van der Waals surface area contributed by atoms with Gasteiger partial charge in [0, 0.05) is 30.2 Å². The van der Waals surface area contributed by atoms with E-state index in [2.05, 4.69) is 22.4 Å². The van der Waals surface area contributed by atoms with Crippen LogP contribution in [0, 0.1) is 0 Å². The van der Waals surface area contributed by atoms with Gasteiger partial charge in [0.2, 0.25) is 5.91 Å². The average molecular weight is 287 g/mol. The van der Waals surface area contributed by atoms with E-state index >= 15 is 0 Å². The van der Waals surface area contributed by atoms with Crippen LogP contribution in [0.2, 0.25) is 0 Å². The standard InChI is InChI=1S/C16H21N3O2/c17-9-12-5-6-15(21-12)16(20)18-8-7-11-10-19-14-4-2-1-3-13(11)14/h1-4,10,12,15,19H,5-9,17H2,(H,18,20)/t12-,15+/m1/s1. The predicted octanol–water partition coefficient (Wildman–Crippen LogP) is 1.33. The first-order valence-electron chi connectivity index (χ1n) is 7.46. The van der Waals surface area contributed by atoms with Gasteiger partial charge in [0.1, 0.15) is 6.10 Å². The number of carbonyl (C=O) groups is 1. The molecule has 5 nitrogen and oxygen atoms in total. The van der Waals surface area contributed by atoms with Crippen molar-refractivity contribution in [3.63, 3.8) is 0 Å². The fraction of sp³-hybridized carbons (Fsp3) is 0.438. The summed E-state index contributed by atoms with van der Waals surface area (Å²) >= 11 is 0. The third kappa shape index (κ3) is 3.09. The van der Waals surface area contributed by atoms with Crippen molar-refractivity contribution in [2.24, 2.45) is 5.73 Å². The molecule has 1 aliphatic heterocycles. The summed E-state index contributed by atoms with van der Waals surface area (Å²) in [6.45, 7) is 1.10. The summed E-state index contributed by atoms with van der Waals surface area (Å²) in [6, 6.07) is 8.18. The molecule has 0 unspecified atom stereocenters. The molecule has 1 fully saturated rings. The van der Waals surface area contributed by atoms with E-state index in [4.69, 9.17) is 10.5 Å². The number of hydrogen-bond donors (Lipinski definition) is 3. The van der Waals surface area contributed by atoms with Crippen LogP contribution in [-0.2, 0) is 16.0 Å². The van der Waals surface area contributed by atoms with E-state index in [0.29, 0.717) is 13.1 Å². The first kappa shape index (κ1) is 14.1. The van der Waals surface area contributed by atoms with E-state index < -0.39 is 0 Å². The van der Waals surface area contributed by atoms with Gasteiger partial charge in [0.15, 0.2) is 0 Å². The van der Waals surface area contributed by atoms with Crippen molar-refractivity contribution in [2.45, 2.75) is 31.5 Å². The van der Waals surface area contributed by atoms with Crippen molar-refractivity contribution < 1.29 is 9.53 Å². The second-order valence-corrected chi connectivity index (χ2v) is 5.46. The fourth-order valence-corrected chi connectivity index (χ4v) is 2.84. The van der Waals surface area contributed by atoms with Crippen LogP contribution < -0.4 is 11.1 Å². The quantitative estimate of drug-likeness (QED) is 0.776. The number of hydrogen-bond acceptors (Lipinski definition) is 3. The highest BCUT2D eigenvalue weighted by Gasteiger charge is 2.29. The van der Waals surface area contributed by atoms with E-state index in [1.54, 1.807) is 0 Å². The van der Waals surface area contributed by atoms with Gasteiger partial charge in [-0.1, -0.05) is 18.2 Å². The summed E-state index contributed by atoms with van der Waals surface area (Å²) in [5.74, 6) is -0.0224. The van der Waals surface area contributed by atoms with Crippen molar-refractivity contribution in [2.75, 3.05) is 13.1 Å². The monoisotopic (exact) mass is 287 g/mol. The minimum absolute atomic E-state index is 0.0224. The smallest absolute Gasteiger partial charge is 0.249 e. The number of para-hydroxylation sites is 1. The van der Waals surface area contributed by atoms with Crippen molar-refractivity contribution in [3.05, 3.63) is 36.0 Å². The van der Waals surface area contributed by atoms with Gasteiger partial charge in [-0.05, 0) is 30.9 Å². The third-order valence-corrected chi connectivity index (χ3v) is 4.03. The highest BCUT2D eigenvalue weighted by molar-refractivity contribution is 5.83. The second kappa shape index (κ2) is 6.28.